The molecule has 0 fully saturated rings. The number of hydrogen-bond acceptors (Lipinski definition) is 4. The van der Waals surface area contributed by atoms with Crippen molar-refractivity contribution in [3.63, 3.8) is 0 Å². The van der Waals surface area contributed by atoms with Crippen molar-refractivity contribution in [1.82, 2.24) is 4.90 Å². The van der Waals surface area contributed by atoms with Gasteiger partial charge in [0.1, 0.15) is 6.04 Å². The van der Waals surface area contributed by atoms with Crippen LogP contribution in [-0.4, -0.2) is 27.9 Å². The molecule has 4 aromatic rings. The van der Waals surface area contributed by atoms with Crippen molar-refractivity contribution in [2.45, 2.75) is 19.0 Å². The number of halogens is 2. The smallest absolute Gasteiger partial charge is 0.326 e. The number of carbonyl (C=O) groups is 2. The van der Waals surface area contributed by atoms with Gasteiger partial charge in [0, 0.05) is 16.3 Å². The molecule has 180 valence electrons. The molecule has 0 bridgehead atoms. The van der Waals surface area contributed by atoms with Gasteiger partial charge >= 0.3 is 5.97 Å². The highest BCUT2D eigenvalue weighted by Crippen LogP contribution is 2.32. The molecule has 0 radical (unpaired) electrons. The number of rotatable bonds is 8. The second-order valence-corrected chi connectivity index (χ2v) is 9.90. The predicted molar refractivity (Wildman–Crippen MR) is 142 cm³/mol. The topological polar surface area (TPSA) is 81.4 Å². The van der Waals surface area contributed by atoms with Gasteiger partial charge in [0.15, 0.2) is 0 Å². The van der Waals surface area contributed by atoms with Crippen molar-refractivity contribution < 1.29 is 14.7 Å². The molecule has 1 amide bonds. The van der Waals surface area contributed by atoms with Crippen molar-refractivity contribution >= 4 is 46.4 Å². The van der Waals surface area contributed by atoms with E-state index in [1.807, 2.05) is 47.8 Å². The average Bonchev–Trinajstić information content (AvgIpc) is 3.34. The second kappa shape index (κ2) is 11.4. The summed E-state index contributed by atoms with van der Waals surface area (Å²) in [6.07, 6.45) is 0.123. The molecule has 0 unspecified atom stereocenters. The van der Waals surface area contributed by atoms with E-state index < -0.39 is 17.9 Å². The first-order valence-corrected chi connectivity index (χ1v) is 12.6. The zero-order chi connectivity index (χ0) is 25.7. The minimum Gasteiger partial charge on any atom is -0.480 e. The molecule has 0 aliphatic rings. The fraction of sp³-hybridized carbons (Fsp3) is 0.107. The van der Waals surface area contributed by atoms with Crippen LogP contribution in [0.3, 0.4) is 0 Å². The number of carboxylic acid groups (broad SMARTS) is 1. The first-order chi connectivity index (χ1) is 17.4. The third kappa shape index (κ3) is 5.77. The largest absolute Gasteiger partial charge is 0.480 e. The van der Waals surface area contributed by atoms with Crippen LogP contribution in [0.5, 0.6) is 0 Å². The summed E-state index contributed by atoms with van der Waals surface area (Å²) in [7, 11) is 0. The van der Waals surface area contributed by atoms with E-state index >= 15 is 0 Å². The van der Waals surface area contributed by atoms with Crippen molar-refractivity contribution in [3.05, 3.63) is 116 Å². The van der Waals surface area contributed by atoms with Crippen LogP contribution in [0.2, 0.25) is 10.0 Å². The van der Waals surface area contributed by atoms with Crippen LogP contribution in [-0.2, 0) is 17.8 Å². The van der Waals surface area contributed by atoms with E-state index in [9.17, 15) is 20.0 Å². The van der Waals surface area contributed by atoms with Crippen LogP contribution in [0.1, 0.15) is 26.4 Å². The van der Waals surface area contributed by atoms with Crippen molar-refractivity contribution in [3.8, 4) is 17.2 Å². The molecule has 36 heavy (non-hydrogen) atoms. The Morgan fingerprint density at radius 1 is 1.00 bits per heavy atom. The summed E-state index contributed by atoms with van der Waals surface area (Å²) in [5.74, 6) is -1.63. The van der Waals surface area contributed by atoms with Crippen LogP contribution in [0.15, 0.2) is 84.2 Å². The van der Waals surface area contributed by atoms with Crippen LogP contribution in [0.4, 0.5) is 0 Å². The van der Waals surface area contributed by atoms with Gasteiger partial charge in [-0.15, -0.1) is 11.3 Å². The molecule has 0 aliphatic carbocycles. The Balaban J connectivity index is 1.77. The van der Waals surface area contributed by atoms with Gasteiger partial charge in [0.2, 0.25) is 0 Å². The summed E-state index contributed by atoms with van der Waals surface area (Å²) < 4.78 is 0. The molecule has 3 aromatic carbocycles. The van der Waals surface area contributed by atoms with Gasteiger partial charge in [0.05, 0.1) is 28.8 Å². The first kappa shape index (κ1) is 25.5. The summed E-state index contributed by atoms with van der Waals surface area (Å²) in [6.45, 7) is 0.0470. The molecule has 0 saturated carbocycles. The summed E-state index contributed by atoms with van der Waals surface area (Å²) in [4.78, 5) is 28.4. The lowest BCUT2D eigenvalue weighted by atomic mass is 10.0. The molecule has 1 heterocycles. The van der Waals surface area contributed by atoms with E-state index in [2.05, 4.69) is 6.07 Å². The molecule has 0 aliphatic heterocycles. The van der Waals surface area contributed by atoms with E-state index in [0.29, 0.717) is 10.6 Å². The third-order valence-corrected chi connectivity index (χ3v) is 7.17. The minimum absolute atomic E-state index is 0.0470. The van der Waals surface area contributed by atoms with E-state index in [0.717, 1.165) is 21.6 Å². The maximum absolute atomic E-state index is 13.8. The lowest BCUT2D eigenvalue weighted by molar-refractivity contribution is -0.142. The normalized spacial score (nSPS) is 11.5. The van der Waals surface area contributed by atoms with Crippen molar-refractivity contribution in [1.29, 1.82) is 5.26 Å². The number of nitriles is 1. The molecule has 8 heteroatoms. The van der Waals surface area contributed by atoms with Crippen LogP contribution in [0.25, 0.3) is 11.1 Å². The minimum atomic E-state index is -1.15. The zero-order valence-corrected chi connectivity index (χ0v) is 21.2. The zero-order valence-electron chi connectivity index (χ0n) is 18.9. The van der Waals surface area contributed by atoms with Gasteiger partial charge in [-0.3, -0.25) is 4.79 Å². The van der Waals surface area contributed by atoms with Crippen LogP contribution >= 0.6 is 34.5 Å². The van der Waals surface area contributed by atoms with E-state index in [1.165, 1.54) is 28.4 Å². The fourth-order valence-electron chi connectivity index (χ4n) is 3.94. The third-order valence-electron chi connectivity index (χ3n) is 5.72. The molecule has 1 N–H and O–H groups in total. The number of nitrogens with zero attached hydrogens (tertiary/aromatic N) is 2. The summed E-state index contributed by atoms with van der Waals surface area (Å²) in [5.41, 5.74) is 3.12. The molecular weight excluding hydrogens is 515 g/mol. The standard InChI is InChI=1S/C28H20Cl2N2O3S/c29-21-9-10-23(24(30)15-21)27(33)32(25(28(34)35)14-18-5-2-1-3-6-18)17-26-22(11-12-36-26)20-8-4-7-19(13-20)16-31/h1-13,15,25H,14,17H2,(H,34,35)/t25-/m0/s1. The summed E-state index contributed by atoms with van der Waals surface area (Å²) >= 11 is 13.8. The van der Waals surface area contributed by atoms with Crippen LogP contribution in [0, 0.1) is 11.3 Å². The highest BCUT2D eigenvalue weighted by Gasteiger charge is 2.32. The van der Waals surface area contributed by atoms with Gasteiger partial charge in [0.25, 0.3) is 5.91 Å². The van der Waals surface area contributed by atoms with Gasteiger partial charge in [-0.2, -0.15) is 5.26 Å². The quantitative estimate of drug-likeness (QED) is 0.265. The Morgan fingerprint density at radius 2 is 1.78 bits per heavy atom. The number of amides is 1. The number of carbonyl (C=O) groups excluding carboxylic acids is 1. The highest BCUT2D eigenvalue weighted by atomic mass is 35.5. The Hall–Kier alpha value is -3.63. The average molecular weight is 535 g/mol. The monoisotopic (exact) mass is 534 g/mol. The lowest BCUT2D eigenvalue weighted by Crippen LogP contribution is -2.46. The first-order valence-electron chi connectivity index (χ1n) is 11.0. The van der Waals surface area contributed by atoms with Gasteiger partial charge in [-0.1, -0.05) is 65.7 Å². The summed E-state index contributed by atoms with van der Waals surface area (Å²) in [6, 6.07) is 23.7. The Kier molecular flexibility index (Phi) is 8.07. The summed E-state index contributed by atoms with van der Waals surface area (Å²) in [5, 5.41) is 21.9. The molecular formula is C28H20Cl2N2O3S. The Morgan fingerprint density at radius 3 is 2.47 bits per heavy atom. The molecule has 4 rings (SSSR count). The van der Waals surface area contributed by atoms with E-state index in [4.69, 9.17) is 23.2 Å². The second-order valence-electron chi connectivity index (χ2n) is 8.05. The maximum Gasteiger partial charge on any atom is 0.326 e. The van der Waals surface area contributed by atoms with Gasteiger partial charge in [-0.25, -0.2) is 4.79 Å². The number of aliphatic carboxylic acids is 1. The fourth-order valence-corrected chi connectivity index (χ4v) is 5.32. The van der Waals surface area contributed by atoms with E-state index in [1.54, 1.807) is 24.3 Å². The van der Waals surface area contributed by atoms with Gasteiger partial charge < -0.3 is 10.0 Å². The lowest BCUT2D eigenvalue weighted by Gasteiger charge is -2.30. The Bertz CT molecular complexity index is 1450. The number of hydrogen-bond donors (Lipinski definition) is 1. The molecule has 1 atom stereocenters. The number of thiophene rings is 1. The molecule has 5 nitrogen and oxygen atoms in total. The SMILES string of the molecule is N#Cc1cccc(-c2ccsc2CN(C(=O)c2ccc(Cl)cc2Cl)[C@@H](Cc2ccccc2)C(=O)O)c1. The molecule has 0 saturated heterocycles. The number of carboxylic acids is 1. The number of benzene rings is 3. The predicted octanol–water partition coefficient (Wildman–Crippen LogP) is 6.93. The maximum atomic E-state index is 13.8. The van der Waals surface area contributed by atoms with Crippen molar-refractivity contribution in [2.24, 2.45) is 0 Å². The van der Waals surface area contributed by atoms with Gasteiger partial charge in [-0.05, 0) is 58.5 Å². The van der Waals surface area contributed by atoms with Crippen molar-refractivity contribution in [2.75, 3.05) is 0 Å². The highest BCUT2D eigenvalue weighted by molar-refractivity contribution is 7.10. The molecule has 0 spiro atoms. The van der Waals surface area contributed by atoms with Crippen LogP contribution < -0.4 is 0 Å². The Labute approximate surface area is 222 Å². The van der Waals surface area contributed by atoms with E-state index in [-0.39, 0.29) is 23.6 Å². The molecule has 1 aromatic heterocycles.